The fourth-order valence-corrected chi connectivity index (χ4v) is 3.06. The Hall–Kier alpha value is -3.80. The average molecular weight is 385 g/mol. The summed E-state index contributed by atoms with van der Waals surface area (Å²) in [4.78, 5) is 21.5. The van der Waals surface area contributed by atoms with Crippen LogP contribution in [0.25, 0.3) is 11.4 Å². The summed E-state index contributed by atoms with van der Waals surface area (Å²) >= 11 is 0. The molecule has 0 radical (unpaired) electrons. The Morgan fingerprint density at radius 3 is 2.17 bits per heavy atom. The van der Waals surface area contributed by atoms with Gasteiger partial charge in [0.25, 0.3) is 5.89 Å². The zero-order chi connectivity index (χ0) is 20.1. The largest absolute Gasteiger partial charge is 0.452 e. The Labute approximate surface area is 168 Å². The first kappa shape index (κ1) is 18.6. The van der Waals surface area contributed by atoms with Gasteiger partial charge in [0.05, 0.1) is 0 Å². The Balaban J connectivity index is 1.56. The van der Waals surface area contributed by atoms with E-state index in [0.29, 0.717) is 5.82 Å². The fourth-order valence-electron chi connectivity index (χ4n) is 3.06. The van der Waals surface area contributed by atoms with Crippen molar-refractivity contribution in [3.05, 3.63) is 102 Å². The van der Waals surface area contributed by atoms with Crippen molar-refractivity contribution >= 4 is 5.97 Å². The van der Waals surface area contributed by atoms with Gasteiger partial charge in [-0.15, -0.1) is 0 Å². The van der Waals surface area contributed by atoms with Gasteiger partial charge in [-0.25, -0.2) is 0 Å². The number of carbonyl (C=O) groups is 1. The standard InChI is InChI=1S/C23H19N3O3/c1-16(22-25-21(26-29-22)19-13-8-14-24-15-19)28-23(27)20(17-9-4-2-5-10-17)18-11-6-3-7-12-18/h2-16,20H,1H3. The molecule has 0 aliphatic heterocycles. The first-order valence-corrected chi connectivity index (χ1v) is 9.27. The van der Waals surface area contributed by atoms with Gasteiger partial charge in [0.2, 0.25) is 5.82 Å². The molecule has 2 aromatic heterocycles. The second-order valence-corrected chi connectivity index (χ2v) is 6.53. The van der Waals surface area contributed by atoms with Crippen LogP contribution in [0.3, 0.4) is 0 Å². The maximum atomic E-state index is 13.1. The lowest BCUT2D eigenvalue weighted by atomic mass is 9.91. The molecule has 144 valence electrons. The molecule has 0 saturated heterocycles. The van der Waals surface area contributed by atoms with E-state index in [0.717, 1.165) is 16.7 Å². The highest BCUT2D eigenvalue weighted by molar-refractivity contribution is 5.82. The summed E-state index contributed by atoms with van der Waals surface area (Å²) in [6, 6.07) is 22.7. The van der Waals surface area contributed by atoms with E-state index in [1.54, 1.807) is 25.4 Å². The van der Waals surface area contributed by atoms with Crippen LogP contribution in [0.4, 0.5) is 0 Å². The second-order valence-electron chi connectivity index (χ2n) is 6.53. The van der Waals surface area contributed by atoms with Crippen molar-refractivity contribution in [3.8, 4) is 11.4 Å². The van der Waals surface area contributed by atoms with Crippen LogP contribution in [-0.4, -0.2) is 21.1 Å². The Morgan fingerprint density at radius 1 is 0.931 bits per heavy atom. The molecule has 29 heavy (non-hydrogen) atoms. The van der Waals surface area contributed by atoms with Crippen molar-refractivity contribution < 1.29 is 14.1 Å². The van der Waals surface area contributed by atoms with Crippen LogP contribution < -0.4 is 0 Å². The molecule has 2 heterocycles. The molecule has 4 rings (SSSR count). The number of hydrogen-bond acceptors (Lipinski definition) is 6. The average Bonchev–Trinajstić information content (AvgIpc) is 3.27. The second kappa shape index (κ2) is 8.48. The third kappa shape index (κ3) is 4.21. The van der Waals surface area contributed by atoms with Crippen LogP contribution in [0.2, 0.25) is 0 Å². The lowest BCUT2D eigenvalue weighted by Crippen LogP contribution is -2.19. The van der Waals surface area contributed by atoms with Crippen LogP contribution in [-0.2, 0) is 9.53 Å². The molecule has 0 aliphatic rings. The number of rotatable bonds is 6. The normalized spacial score (nSPS) is 11.9. The van der Waals surface area contributed by atoms with Crippen LogP contribution in [0.5, 0.6) is 0 Å². The van der Waals surface area contributed by atoms with Crippen molar-refractivity contribution in [1.29, 1.82) is 0 Å². The minimum Gasteiger partial charge on any atom is -0.452 e. The number of ether oxygens (including phenoxy) is 1. The molecule has 0 fully saturated rings. The van der Waals surface area contributed by atoms with E-state index in [1.165, 1.54) is 0 Å². The number of esters is 1. The van der Waals surface area contributed by atoms with E-state index in [-0.39, 0.29) is 11.9 Å². The van der Waals surface area contributed by atoms with Gasteiger partial charge in [0.15, 0.2) is 6.10 Å². The molecule has 0 aliphatic carbocycles. The van der Waals surface area contributed by atoms with Gasteiger partial charge in [-0.1, -0.05) is 65.8 Å². The molecule has 0 bridgehead atoms. The molecule has 1 unspecified atom stereocenters. The molecule has 0 N–H and O–H groups in total. The first-order chi connectivity index (χ1) is 14.2. The minimum absolute atomic E-state index is 0.233. The van der Waals surface area contributed by atoms with Crippen molar-refractivity contribution in [3.63, 3.8) is 0 Å². The van der Waals surface area contributed by atoms with E-state index >= 15 is 0 Å². The van der Waals surface area contributed by atoms with E-state index in [9.17, 15) is 4.79 Å². The number of hydrogen-bond donors (Lipinski definition) is 0. The molecule has 6 nitrogen and oxygen atoms in total. The third-order valence-electron chi connectivity index (χ3n) is 4.50. The molecular weight excluding hydrogens is 366 g/mol. The van der Waals surface area contributed by atoms with Crippen molar-refractivity contribution in [1.82, 2.24) is 15.1 Å². The maximum absolute atomic E-state index is 13.1. The van der Waals surface area contributed by atoms with Crippen molar-refractivity contribution in [2.45, 2.75) is 18.9 Å². The molecule has 0 saturated carbocycles. The summed E-state index contributed by atoms with van der Waals surface area (Å²) < 4.78 is 11.0. The number of aromatic nitrogens is 3. The zero-order valence-corrected chi connectivity index (χ0v) is 15.8. The predicted octanol–water partition coefficient (Wildman–Crippen LogP) is 4.57. The monoisotopic (exact) mass is 385 g/mol. The molecule has 0 amide bonds. The maximum Gasteiger partial charge on any atom is 0.318 e. The molecule has 6 heteroatoms. The van der Waals surface area contributed by atoms with E-state index in [1.807, 2.05) is 66.7 Å². The van der Waals surface area contributed by atoms with Gasteiger partial charge < -0.3 is 9.26 Å². The molecular formula is C23H19N3O3. The highest BCUT2D eigenvalue weighted by Gasteiger charge is 2.28. The summed E-state index contributed by atoms with van der Waals surface area (Å²) in [5, 5.41) is 3.96. The first-order valence-electron chi connectivity index (χ1n) is 9.27. The quantitative estimate of drug-likeness (QED) is 0.453. The van der Waals surface area contributed by atoms with Crippen molar-refractivity contribution in [2.75, 3.05) is 0 Å². The SMILES string of the molecule is CC(OC(=O)C(c1ccccc1)c1ccccc1)c1nc(-c2cccnc2)no1. The summed E-state index contributed by atoms with van der Waals surface area (Å²) in [5.74, 6) is -0.285. The Bertz CT molecular complexity index is 1030. The predicted molar refractivity (Wildman–Crippen MR) is 107 cm³/mol. The zero-order valence-electron chi connectivity index (χ0n) is 15.8. The van der Waals surface area contributed by atoms with Crippen LogP contribution in [0.1, 0.15) is 36.0 Å². The highest BCUT2D eigenvalue weighted by Crippen LogP contribution is 2.29. The Kier molecular flexibility index (Phi) is 5.42. The number of carbonyl (C=O) groups excluding carboxylic acids is 1. The van der Waals surface area contributed by atoms with Gasteiger partial charge in [-0.05, 0) is 30.2 Å². The van der Waals surface area contributed by atoms with Gasteiger partial charge in [0.1, 0.15) is 5.92 Å². The highest BCUT2D eigenvalue weighted by atomic mass is 16.6. The van der Waals surface area contributed by atoms with Crippen LogP contribution >= 0.6 is 0 Å². The summed E-state index contributed by atoms with van der Waals surface area (Å²) in [5.41, 5.74) is 2.45. The van der Waals surface area contributed by atoms with E-state index in [4.69, 9.17) is 9.26 Å². The Morgan fingerprint density at radius 2 is 1.59 bits per heavy atom. The lowest BCUT2D eigenvalue weighted by molar-refractivity contribution is -0.150. The number of benzene rings is 2. The summed E-state index contributed by atoms with van der Waals surface area (Å²) in [7, 11) is 0. The number of nitrogens with zero attached hydrogens (tertiary/aromatic N) is 3. The van der Waals surface area contributed by atoms with Crippen LogP contribution in [0, 0.1) is 0 Å². The topological polar surface area (TPSA) is 78.1 Å². The van der Waals surface area contributed by atoms with Gasteiger partial charge in [0, 0.05) is 18.0 Å². The van der Waals surface area contributed by atoms with Gasteiger partial charge >= 0.3 is 5.97 Å². The van der Waals surface area contributed by atoms with Gasteiger partial charge in [-0.2, -0.15) is 4.98 Å². The molecule has 0 spiro atoms. The molecule has 1 atom stereocenters. The number of pyridine rings is 1. The molecule has 4 aromatic rings. The lowest BCUT2D eigenvalue weighted by Gasteiger charge is -2.18. The van der Waals surface area contributed by atoms with Crippen molar-refractivity contribution in [2.24, 2.45) is 0 Å². The fraction of sp³-hybridized carbons (Fsp3) is 0.130. The third-order valence-corrected chi connectivity index (χ3v) is 4.50. The smallest absolute Gasteiger partial charge is 0.318 e. The summed E-state index contributed by atoms with van der Waals surface area (Å²) in [6.07, 6.45) is 2.63. The summed E-state index contributed by atoms with van der Waals surface area (Å²) in [6.45, 7) is 1.71. The molecule has 2 aromatic carbocycles. The van der Waals surface area contributed by atoms with E-state index < -0.39 is 12.0 Å². The van der Waals surface area contributed by atoms with Gasteiger partial charge in [-0.3, -0.25) is 9.78 Å². The minimum atomic E-state index is -0.685. The van der Waals surface area contributed by atoms with Crippen LogP contribution in [0.15, 0.2) is 89.7 Å². The van der Waals surface area contributed by atoms with E-state index in [2.05, 4.69) is 15.1 Å².